The summed E-state index contributed by atoms with van der Waals surface area (Å²) >= 11 is 12.5. The molecule has 0 radical (unpaired) electrons. The van der Waals surface area contributed by atoms with Crippen LogP contribution in [0.4, 0.5) is 11.4 Å². The molecule has 0 aromatic heterocycles. The predicted octanol–water partition coefficient (Wildman–Crippen LogP) is 3.52. The summed E-state index contributed by atoms with van der Waals surface area (Å²) in [5.41, 5.74) is 8.86. The monoisotopic (exact) mass is 432 g/mol. The minimum atomic E-state index is -0.538. The van der Waals surface area contributed by atoms with E-state index in [1.54, 1.807) is 18.2 Å². The van der Waals surface area contributed by atoms with Crippen molar-refractivity contribution in [2.75, 3.05) is 36.5 Å². The van der Waals surface area contributed by atoms with Crippen molar-refractivity contribution in [3.63, 3.8) is 0 Å². The summed E-state index contributed by atoms with van der Waals surface area (Å²) in [5.74, 6) is 0.922. The van der Waals surface area contributed by atoms with Gasteiger partial charge in [-0.1, -0.05) is 40.9 Å². The van der Waals surface area contributed by atoms with Gasteiger partial charge < -0.3 is 20.7 Å². The van der Waals surface area contributed by atoms with E-state index in [2.05, 4.69) is 39.3 Å². The number of nitrogens with zero attached hydrogens (tertiary/aromatic N) is 4. The van der Waals surface area contributed by atoms with Gasteiger partial charge in [-0.15, -0.1) is 0 Å². The first-order valence-electron chi connectivity index (χ1n) is 9.33. The molecule has 0 amide bonds. The Morgan fingerprint density at radius 2 is 1.83 bits per heavy atom. The number of ether oxygens (including phenoxy) is 1. The maximum absolute atomic E-state index is 6.37. The molecule has 3 N–H and O–H groups in total. The largest absolute Gasteiger partial charge is 0.378 e. The Balaban J connectivity index is 1.74. The van der Waals surface area contributed by atoms with E-state index in [0.717, 1.165) is 24.7 Å². The zero-order valence-corrected chi connectivity index (χ0v) is 17.5. The molecule has 0 saturated carbocycles. The molecule has 1 atom stereocenters. The summed E-state index contributed by atoms with van der Waals surface area (Å²) < 4.78 is 5.50. The van der Waals surface area contributed by atoms with E-state index in [0.29, 0.717) is 28.9 Å². The van der Waals surface area contributed by atoms with Gasteiger partial charge in [0.05, 0.1) is 23.9 Å². The van der Waals surface area contributed by atoms with Gasteiger partial charge in [-0.25, -0.2) is 4.99 Å². The maximum Gasteiger partial charge on any atom is 0.222 e. The lowest BCUT2D eigenvalue weighted by atomic mass is 10.2. The number of anilines is 2. The third kappa shape index (κ3) is 4.42. The molecule has 7 nitrogen and oxygen atoms in total. The molecule has 4 rings (SSSR count). The summed E-state index contributed by atoms with van der Waals surface area (Å²) in [6.07, 6.45) is -0.538. The van der Waals surface area contributed by atoms with Gasteiger partial charge in [0.1, 0.15) is 0 Å². The molecule has 2 aromatic carbocycles. The number of aryl methyl sites for hydroxylation is 1. The summed E-state index contributed by atoms with van der Waals surface area (Å²) in [5, 5.41) is 4.48. The molecule has 1 unspecified atom stereocenters. The van der Waals surface area contributed by atoms with Gasteiger partial charge in [-0.2, -0.15) is 4.99 Å². The van der Waals surface area contributed by atoms with E-state index in [1.165, 1.54) is 5.56 Å². The third-order valence-corrected chi connectivity index (χ3v) is 5.31. The van der Waals surface area contributed by atoms with Gasteiger partial charge >= 0.3 is 0 Å². The van der Waals surface area contributed by atoms with Crippen LogP contribution in [0.1, 0.15) is 5.56 Å². The number of halogens is 2. The molecule has 1 fully saturated rings. The lowest BCUT2D eigenvalue weighted by Crippen LogP contribution is -2.57. The van der Waals surface area contributed by atoms with Crippen LogP contribution < -0.4 is 16.0 Å². The number of rotatable bonds is 3. The van der Waals surface area contributed by atoms with E-state index >= 15 is 0 Å². The molecular formula is C20H22Cl2N6O. The summed E-state index contributed by atoms with van der Waals surface area (Å²) in [4.78, 5) is 13.3. The normalized spacial score (nSPS) is 19.6. The minimum absolute atomic E-state index is 0.200. The van der Waals surface area contributed by atoms with Crippen LogP contribution >= 0.6 is 23.2 Å². The maximum atomic E-state index is 6.37. The molecule has 0 aliphatic carbocycles. The van der Waals surface area contributed by atoms with E-state index < -0.39 is 6.29 Å². The van der Waals surface area contributed by atoms with Crippen molar-refractivity contribution in [3.8, 4) is 0 Å². The fraction of sp³-hybridized carbons (Fsp3) is 0.300. The van der Waals surface area contributed by atoms with Crippen molar-refractivity contribution < 1.29 is 4.74 Å². The Morgan fingerprint density at radius 1 is 1.10 bits per heavy atom. The quantitative estimate of drug-likeness (QED) is 0.775. The average Bonchev–Trinajstić information content (AvgIpc) is 2.72. The highest BCUT2D eigenvalue weighted by molar-refractivity contribution is 6.35. The van der Waals surface area contributed by atoms with Crippen LogP contribution in [0.2, 0.25) is 10.0 Å². The lowest BCUT2D eigenvalue weighted by Gasteiger charge is -2.41. The van der Waals surface area contributed by atoms with Crippen LogP contribution in [-0.2, 0) is 4.74 Å². The van der Waals surface area contributed by atoms with Crippen molar-refractivity contribution in [2.24, 2.45) is 15.7 Å². The molecule has 2 heterocycles. The first kappa shape index (κ1) is 19.8. The van der Waals surface area contributed by atoms with Gasteiger partial charge in [-0.3, -0.25) is 4.90 Å². The Labute approximate surface area is 179 Å². The third-order valence-electron chi connectivity index (χ3n) is 4.75. The van der Waals surface area contributed by atoms with E-state index in [4.69, 9.17) is 33.7 Å². The molecule has 9 heteroatoms. The zero-order valence-electron chi connectivity index (χ0n) is 16.0. The number of aliphatic imine (C=N–C) groups is 2. The minimum Gasteiger partial charge on any atom is -0.378 e. The number of morpholine rings is 1. The number of benzene rings is 2. The second kappa shape index (κ2) is 8.49. The highest BCUT2D eigenvalue weighted by atomic mass is 35.5. The zero-order chi connectivity index (χ0) is 20.4. The molecular weight excluding hydrogens is 411 g/mol. The van der Waals surface area contributed by atoms with Crippen LogP contribution in [0.15, 0.2) is 52.4 Å². The molecule has 0 spiro atoms. The average molecular weight is 433 g/mol. The standard InChI is InChI=1S/C20H22Cl2N6O/c1-13-2-5-15(6-3-13)28-19(24-17-12-14(21)4-7-16(17)22)25-18(23)26-20(28)27-8-10-29-11-9-27/h2-7,12,19,24H,8-11H2,1H3,(H2,23,25). The second-order valence-corrected chi connectivity index (χ2v) is 7.69. The molecule has 0 bridgehead atoms. The van der Waals surface area contributed by atoms with E-state index in [-0.39, 0.29) is 5.96 Å². The molecule has 29 heavy (non-hydrogen) atoms. The fourth-order valence-electron chi connectivity index (χ4n) is 3.27. The van der Waals surface area contributed by atoms with Crippen molar-refractivity contribution in [1.82, 2.24) is 4.90 Å². The first-order valence-corrected chi connectivity index (χ1v) is 10.1. The molecule has 2 aliphatic rings. The number of nitrogens with two attached hydrogens (primary N) is 1. The molecule has 2 aliphatic heterocycles. The Hall–Kier alpha value is -2.48. The lowest BCUT2D eigenvalue weighted by molar-refractivity contribution is 0.0671. The van der Waals surface area contributed by atoms with Crippen molar-refractivity contribution in [2.45, 2.75) is 13.2 Å². The van der Waals surface area contributed by atoms with Crippen molar-refractivity contribution >= 4 is 46.5 Å². The summed E-state index contributed by atoms with van der Waals surface area (Å²) in [6, 6.07) is 13.4. The number of hydrogen-bond donors (Lipinski definition) is 2. The number of hydrogen-bond acceptors (Lipinski definition) is 7. The highest BCUT2D eigenvalue weighted by Crippen LogP contribution is 2.29. The van der Waals surface area contributed by atoms with Crippen LogP contribution in [0, 0.1) is 6.92 Å². The van der Waals surface area contributed by atoms with Gasteiger partial charge in [-0.05, 0) is 37.3 Å². The smallest absolute Gasteiger partial charge is 0.222 e. The summed E-state index contributed by atoms with van der Waals surface area (Å²) in [7, 11) is 0. The van der Waals surface area contributed by atoms with Crippen LogP contribution in [0.3, 0.4) is 0 Å². The van der Waals surface area contributed by atoms with Gasteiger partial charge in [0.2, 0.25) is 18.2 Å². The van der Waals surface area contributed by atoms with Gasteiger partial charge in [0.15, 0.2) is 0 Å². The summed E-state index contributed by atoms with van der Waals surface area (Å²) in [6.45, 7) is 4.76. The van der Waals surface area contributed by atoms with Gasteiger partial charge in [0, 0.05) is 23.8 Å². The van der Waals surface area contributed by atoms with Crippen LogP contribution in [0.25, 0.3) is 0 Å². The number of nitrogens with one attached hydrogen (secondary N) is 1. The molecule has 2 aromatic rings. The second-order valence-electron chi connectivity index (χ2n) is 6.85. The first-order chi connectivity index (χ1) is 14.0. The fourth-order valence-corrected chi connectivity index (χ4v) is 3.61. The SMILES string of the molecule is Cc1ccc(N2C(N3CCOCC3)=NC(N)=NC2Nc2cc(Cl)ccc2Cl)cc1. The van der Waals surface area contributed by atoms with E-state index in [9.17, 15) is 0 Å². The molecule has 1 saturated heterocycles. The Morgan fingerprint density at radius 3 is 2.55 bits per heavy atom. The van der Waals surface area contributed by atoms with Crippen molar-refractivity contribution in [3.05, 3.63) is 58.1 Å². The van der Waals surface area contributed by atoms with Gasteiger partial charge in [0.25, 0.3) is 0 Å². The van der Waals surface area contributed by atoms with E-state index in [1.807, 2.05) is 17.0 Å². The predicted molar refractivity (Wildman–Crippen MR) is 119 cm³/mol. The molecule has 152 valence electrons. The van der Waals surface area contributed by atoms with Crippen LogP contribution in [0.5, 0.6) is 0 Å². The topological polar surface area (TPSA) is 78.5 Å². The van der Waals surface area contributed by atoms with Crippen LogP contribution in [-0.4, -0.2) is 49.4 Å². The van der Waals surface area contributed by atoms with Crippen molar-refractivity contribution in [1.29, 1.82) is 0 Å². The highest BCUT2D eigenvalue weighted by Gasteiger charge is 2.32. The number of guanidine groups is 2. The Bertz CT molecular complexity index is 940. The Kier molecular flexibility index (Phi) is 5.80.